The maximum atomic E-state index is 12.8. The van der Waals surface area contributed by atoms with Gasteiger partial charge in [0.15, 0.2) is 0 Å². The maximum absolute atomic E-state index is 12.8. The standard InChI is InChI=1S/C33H52N2O3S.Na/c1-2-3-4-5-6-7-8-9-10-11-12-13-14-15-16-17-23-28-33(39(36,37)38)34-31-26-21-22-27-32(31)35(33)29-30-24-19-18-20-25-30;/h18-22,24-27,34H,2-17,23,28-29H2,1H3,(H,36,37,38);/q;+1/p-1. The van der Waals surface area contributed by atoms with Crippen LogP contribution >= 0.6 is 0 Å². The number of para-hydroxylation sites is 2. The largest absolute Gasteiger partial charge is 1.00 e. The third kappa shape index (κ3) is 11.0. The van der Waals surface area contributed by atoms with Crippen LogP contribution in [0.4, 0.5) is 11.4 Å². The molecular formula is C33H51N2NaO3S. The predicted octanol–water partition coefficient (Wildman–Crippen LogP) is 6.36. The van der Waals surface area contributed by atoms with Gasteiger partial charge in [-0.25, -0.2) is 8.42 Å². The summed E-state index contributed by atoms with van der Waals surface area (Å²) in [5, 5.41) is 3.14. The first kappa shape index (κ1) is 35.1. The Morgan fingerprint density at radius 2 is 1.12 bits per heavy atom. The van der Waals surface area contributed by atoms with Gasteiger partial charge in [0.25, 0.3) is 0 Å². The number of unbranched alkanes of at least 4 members (excludes halogenated alkanes) is 16. The number of rotatable bonds is 21. The van der Waals surface area contributed by atoms with E-state index in [1.165, 1.54) is 89.9 Å². The summed E-state index contributed by atoms with van der Waals surface area (Å²) < 4.78 is 38.3. The summed E-state index contributed by atoms with van der Waals surface area (Å²) in [5.74, 6) is 0. The van der Waals surface area contributed by atoms with Crippen molar-refractivity contribution in [2.45, 2.75) is 134 Å². The molecule has 0 aliphatic carbocycles. The number of benzene rings is 2. The summed E-state index contributed by atoms with van der Waals surface area (Å²) in [5.41, 5.74) is 2.46. The van der Waals surface area contributed by atoms with E-state index < -0.39 is 15.1 Å². The van der Waals surface area contributed by atoms with Crippen LogP contribution in [0.2, 0.25) is 0 Å². The van der Waals surface area contributed by atoms with Gasteiger partial charge in [-0.2, -0.15) is 0 Å². The minimum Gasteiger partial charge on any atom is -0.745 e. The van der Waals surface area contributed by atoms with Gasteiger partial charge < -0.3 is 14.8 Å². The van der Waals surface area contributed by atoms with E-state index in [-0.39, 0.29) is 36.0 Å². The van der Waals surface area contributed by atoms with Crippen LogP contribution in [0.25, 0.3) is 0 Å². The molecule has 1 aliphatic rings. The Morgan fingerprint density at radius 3 is 1.62 bits per heavy atom. The Morgan fingerprint density at radius 1 is 0.675 bits per heavy atom. The number of anilines is 2. The van der Waals surface area contributed by atoms with Crippen LogP contribution in [-0.2, 0) is 16.7 Å². The molecule has 1 heterocycles. The monoisotopic (exact) mass is 578 g/mol. The molecule has 218 valence electrons. The summed E-state index contributed by atoms with van der Waals surface area (Å²) in [6.45, 7) is 2.64. The van der Waals surface area contributed by atoms with Crippen LogP contribution in [0.15, 0.2) is 54.6 Å². The van der Waals surface area contributed by atoms with Crippen LogP contribution in [0.3, 0.4) is 0 Å². The van der Waals surface area contributed by atoms with E-state index in [0.717, 1.165) is 24.1 Å². The normalized spacial score (nSPS) is 16.4. The molecule has 0 saturated carbocycles. The second-order valence-electron chi connectivity index (χ2n) is 11.4. The van der Waals surface area contributed by atoms with Crippen LogP contribution in [0.5, 0.6) is 0 Å². The Bertz CT molecular complexity index is 1050. The van der Waals surface area contributed by atoms with Crippen molar-refractivity contribution < 1.29 is 42.5 Å². The molecule has 0 aromatic heterocycles. The van der Waals surface area contributed by atoms with Crippen LogP contribution in [0.1, 0.15) is 128 Å². The van der Waals surface area contributed by atoms with E-state index in [9.17, 15) is 13.0 Å². The molecule has 0 saturated heterocycles. The zero-order chi connectivity index (χ0) is 27.8. The number of fused-ring (bicyclic) bond motifs is 1. The van der Waals surface area contributed by atoms with Crippen molar-refractivity contribution in [2.24, 2.45) is 0 Å². The molecule has 1 N–H and O–H groups in total. The quantitative estimate of drug-likeness (QED) is 0.106. The number of hydrogen-bond acceptors (Lipinski definition) is 5. The van der Waals surface area contributed by atoms with Crippen molar-refractivity contribution in [3.63, 3.8) is 0 Å². The molecule has 2 aromatic carbocycles. The second-order valence-corrected chi connectivity index (χ2v) is 12.9. The van der Waals surface area contributed by atoms with E-state index in [4.69, 9.17) is 0 Å². The van der Waals surface area contributed by atoms with Crippen molar-refractivity contribution in [3.05, 3.63) is 60.2 Å². The van der Waals surface area contributed by atoms with Gasteiger partial charge in [0, 0.05) is 13.0 Å². The Hall–Kier alpha value is -1.05. The van der Waals surface area contributed by atoms with E-state index in [1.807, 2.05) is 54.6 Å². The van der Waals surface area contributed by atoms with Gasteiger partial charge in [0.2, 0.25) is 4.99 Å². The van der Waals surface area contributed by atoms with Gasteiger partial charge in [0.05, 0.1) is 11.4 Å². The first-order valence-corrected chi connectivity index (χ1v) is 17.0. The van der Waals surface area contributed by atoms with Crippen LogP contribution in [0, 0.1) is 0 Å². The minimum atomic E-state index is -4.66. The summed E-state index contributed by atoms with van der Waals surface area (Å²) in [7, 11) is -4.66. The van der Waals surface area contributed by atoms with Gasteiger partial charge in [-0.1, -0.05) is 152 Å². The molecule has 40 heavy (non-hydrogen) atoms. The average Bonchev–Trinajstić information content (AvgIpc) is 3.25. The smallest absolute Gasteiger partial charge is 0.745 e. The molecule has 3 rings (SSSR count). The average molecular weight is 579 g/mol. The topological polar surface area (TPSA) is 72.5 Å². The summed E-state index contributed by atoms with van der Waals surface area (Å²) in [6, 6.07) is 17.3. The van der Waals surface area contributed by atoms with Crippen LogP contribution < -0.4 is 39.8 Å². The first-order valence-electron chi connectivity index (χ1n) is 15.6. The van der Waals surface area contributed by atoms with Gasteiger partial charge in [-0.05, 0) is 24.1 Å². The van der Waals surface area contributed by atoms with Crippen molar-refractivity contribution >= 4 is 21.5 Å². The number of hydrogen-bond donors (Lipinski definition) is 1. The SMILES string of the molecule is CCCCCCCCCCCCCCCCCCCC1(S(=O)(=O)[O-])Nc2ccccc2N1Cc1ccccc1.[Na+]. The summed E-state index contributed by atoms with van der Waals surface area (Å²) >= 11 is 0. The molecule has 1 unspecified atom stereocenters. The Kier molecular flexibility index (Phi) is 16.9. The fourth-order valence-corrected chi connectivity index (χ4v) is 6.94. The van der Waals surface area contributed by atoms with Crippen molar-refractivity contribution in [1.29, 1.82) is 0 Å². The Balaban J connectivity index is 0.00000560. The second kappa shape index (κ2) is 19.2. The molecule has 5 nitrogen and oxygen atoms in total. The molecule has 1 aliphatic heterocycles. The third-order valence-corrected chi connectivity index (χ3v) is 9.53. The molecule has 0 radical (unpaired) electrons. The van der Waals surface area contributed by atoms with Crippen molar-refractivity contribution in [1.82, 2.24) is 0 Å². The number of nitrogens with one attached hydrogen (secondary N) is 1. The molecule has 0 bridgehead atoms. The zero-order valence-electron chi connectivity index (χ0n) is 25.2. The molecular weight excluding hydrogens is 527 g/mol. The third-order valence-electron chi connectivity index (χ3n) is 8.18. The molecule has 2 aromatic rings. The maximum Gasteiger partial charge on any atom is 1.00 e. The van der Waals surface area contributed by atoms with E-state index in [1.54, 1.807) is 4.90 Å². The molecule has 7 heteroatoms. The van der Waals surface area contributed by atoms with Crippen molar-refractivity contribution in [2.75, 3.05) is 10.2 Å². The molecule has 0 fully saturated rings. The molecule has 0 amide bonds. The van der Waals surface area contributed by atoms with E-state index >= 15 is 0 Å². The van der Waals surface area contributed by atoms with E-state index in [2.05, 4.69) is 12.2 Å². The van der Waals surface area contributed by atoms with E-state index in [0.29, 0.717) is 18.7 Å². The van der Waals surface area contributed by atoms with Gasteiger partial charge in [-0.3, -0.25) is 0 Å². The molecule has 0 spiro atoms. The minimum absolute atomic E-state index is 0. The number of nitrogens with zero attached hydrogens (tertiary/aromatic N) is 1. The Labute approximate surface area is 266 Å². The van der Waals surface area contributed by atoms with Gasteiger partial charge >= 0.3 is 29.6 Å². The zero-order valence-corrected chi connectivity index (χ0v) is 28.0. The summed E-state index contributed by atoms with van der Waals surface area (Å²) in [4.78, 5) is 0.120. The van der Waals surface area contributed by atoms with Gasteiger partial charge in [-0.15, -0.1) is 0 Å². The first-order chi connectivity index (χ1) is 19.0. The predicted molar refractivity (Wildman–Crippen MR) is 164 cm³/mol. The fraction of sp³-hybridized carbons (Fsp3) is 0.636. The van der Waals surface area contributed by atoms with Crippen LogP contribution in [-0.4, -0.2) is 18.0 Å². The van der Waals surface area contributed by atoms with Crippen molar-refractivity contribution in [3.8, 4) is 0 Å². The summed E-state index contributed by atoms with van der Waals surface area (Å²) in [6.07, 6.45) is 21.9. The van der Waals surface area contributed by atoms with Gasteiger partial charge in [0.1, 0.15) is 10.1 Å². The molecule has 1 atom stereocenters. The fourth-order valence-electron chi connectivity index (χ4n) is 5.88.